The summed E-state index contributed by atoms with van der Waals surface area (Å²) in [6, 6.07) is 3.54. The number of amides is 1. The molecule has 1 fully saturated rings. The van der Waals surface area contributed by atoms with E-state index < -0.39 is 19.9 Å². The van der Waals surface area contributed by atoms with Crippen LogP contribution in [0.5, 0.6) is 5.19 Å². The van der Waals surface area contributed by atoms with Crippen LogP contribution in [-0.2, 0) is 13.9 Å². The van der Waals surface area contributed by atoms with E-state index >= 15 is 0 Å². The molecule has 0 N–H and O–H groups in total. The number of hydrogen-bond acceptors (Lipinski definition) is 9. The van der Waals surface area contributed by atoms with Gasteiger partial charge in [-0.1, -0.05) is 32.1 Å². The lowest BCUT2D eigenvalue weighted by atomic mass is 10.1. The fourth-order valence-corrected chi connectivity index (χ4v) is 6.43. The SMILES string of the molecule is COC(=O)c1ccc(N2C[C@H](C)N(C(=O)OC(C)(C)C)[C@@H](C)C2)c2sc(OCCO[Si](C)(C)C(C)(C)C)nc12. The van der Waals surface area contributed by atoms with E-state index in [0.29, 0.717) is 42.6 Å². The highest BCUT2D eigenvalue weighted by molar-refractivity contribution is 7.21. The fraction of sp³-hybridized carbons (Fsp3) is 0.679. The van der Waals surface area contributed by atoms with Crippen LogP contribution in [0.1, 0.15) is 65.7 Å². The first-order chi connectivity index (χ1) is 17.9. The number of hydrogen-bond donors (Lipinski definition) is 0. The maximum atomic E-state index is 12.9. The number of ether oxygens (including phenoxy) is 3. The number of carbonyl (C=O) groups is 2. The van der Waals surface area contributed by atoms with Crippen molar-refractivity contribution in [2.24, 2.45) is 0 Å². The van der Waals surface area contributed by atoms with E-state index in [1.807, 2.05) is 45.6 Å². The number of thiazole rings is 1. The minimum atomic E-state index is -1.88. The van der Waals surface area contributed by atoms with Crippen molar-refractivity contribution in [2.45, 2.75) is 91.2 Å². The quantitative estimate of drug-likeness (QED) is 0.214. The van der Waals surface area contributed by atoms with Gasteiger partial charge in [-0.25, -0.2) is 14.6 Å². The molecule has 2 aromatic rings. The molecule has 3 rings (SSSR count). The molecule has 2 atom stereocenters. The standard InChI is InChI=1S/C28H45N3O6SSi/c1-18-16-30(17-19(2)31(18)26(33)37-27(3,4)5)21-13-12-20(24(32)34-9)22-23(21)38-25(29-22)35-14-15-36-39(10,11)28(6,7)8/h12-13,18-19H,14-17H2,1-11H3/t18-,19-/m0/s1. The first kappa shape index (κ1) is 31.2. The lowest BCUT2D eigenvalue weighted by Gasteiger charge is -2.45. The predicted molar refractivity (Wildman–Crippen MR) is 159 cm³/mol. The van der Waals surface area contributed by atoms with E-state index in [1.54, 1.807) is 6.07 Å². The number of anilines is 1. The first-order valence-corrected chi connectivity index (χ1v) is 17.2. The summed E-state index contributed by atoms with van der Waals surface area (Å²) in [4.78, 5) is 34.2. The number of methoxy groups -OCH3 is 1. The van der Waals surface area contributed by atoms with Gasteiger partial charge in [0.2, 0.25) is 0 Å². The van der Waals surface area contributed by atoms with Crippen LogP contribution in [0.25, 0.3) is 10.2 Å². The Labute approximate surface area is 237 Å². The Morgan fingerprint density at radius 2 is 1.67 bits per heavy atom. The number of nitrogens with zero attached hydrogens (tertiary/aromatic N) is 3. The third kappa shape index (κ3) is 7.23. The first-order valence-electron chi connectivity index (χ1n) is 13.5. The van der Waals surface area contributed by atoms with Gasteiger partial charge in [0.05, 0.1) is 41.8 Å². The molecule has 0 radical (unpaired) electrons. The van der Waals surface area contributed by atoms with Gasteiger partial charge in [0.1, 0.15) is 17.7 Å². The van der Waals surface area contributed by atoms with Gasteiger partial charge in [-0.2, -0.15) is 0 Å². The molecule has 9 nitrogen and oxygen atoms in total. The van der Waals surface area contributed by atoms with Gasteiger partial charge < -0.3 is 23.5 Å². The summed E-state index contributed by atoms with van der Waals surface area (Å²) in [6.45, 7) is 22.8. The molecule has 1 aliphatic heterocycles. The van der Waals surface area contributed by atoms with Crippen molar-refractivity contribution in [1.82, 2.24) is 9.88 Å². The Balaban J connectivity index is 1.84. The van der Waals surface area contributed by atoms with Crippen molar-refractivity contribution >= 4 is 47.6 Å². The number of piperazine rings is 1. The molecule has 2 heterocycles. The molecule has 218 valence electrons. The molecule has 0 saturated carbocycles. The fourth-order valence-electron chi connectivity index (χ4n) is 4.40. The average molecular weight is 580 g/mol. The van der Waals surface area contributed by atoms with E-state index in [0.717, 1.165) is 10.4 Å². The number of esters is 1. The zero-order valence-electron chi connectivity index (χ0n) is 25.3. The zero-order chi connectivity index (χ0) is 29.3. The Morgan fingerprint density at radius 3 is 2.21 bits per heavy atom. The molecule has 1 aromatic heterocycles. The monoisotopic (exact) mass is 579 g/mol. The van der Waals surface area contributed by atoms with Crippen LogP contribution in [0, 0.1) is 0 Å². The Bertz CT molecular complexity index is 1170. The van der Waals surface area contributed by atoms with E-state index in [4.69, 9.17) is 18.6 Å². The normalized spacial score (nSPS) is 18.8. The van der Waals surface area contributed by atoms with Crippen molar-refractivity contribution in [1.29, 1.82) is 0 Å². The molecule has 1 aliphatic rings. The second-order valence-electron chi connectivity index (χ2n) is 12.7. The van der Waals surface area contributed by atoms with Gasteiger partial charge in [0.15, 0.2) is 8.32 Å². The van der Waals surface area contributed by atoms with Crippen molar-refractivity contribution < 1.29 is 28.2 Å². The lowest BCUT2D eigenvalue weighted by Crippen LogP contribution is -2.59. The highest BCUT2D eigenvalue weighted by Gasteiger charge is 2.38. The summed E-state index contributed by atoms with van der Waals surface area (Å²) in [5.41, 5.74) is 1.34. The number of carbonyl (C=O) groups excluding carboxylic acids is 2. The van der Waals surface area contributed by atoms with Crippen LogP contribution in [0.15, 0.2) is 12.1 Å². The molecule has 1 amide bonds. The summed E-state index contributed by atoms with van der Waals surface area (Å²) in [7, 11) is -0.513. The molecule has 0 spiro atoms. The largest absolute Gasteiger partial charge is 0.468 e. The average Bonchev–Trinajstić information content (AvgIpc) is 3.22. The number of rotatable bonds is 7. The van der Waals surface area contributed by atoms with Crippen LogP contribution >= 0.6 is 11.3 Å². The summed E-state index contributed by atoms with van der Waals surface area (Å²) in [5.74, 6) is -0.443. The summed E-state index contributed by atoms with van der Waals surface area (Å²) < 4.78 is 23.8. The van der Waals surface area contributed by atoms with Gasteiger partial charge in [-0.3, -0.25) is 4.90 Å². The molecule has 0 unspecified atom stereocenters. The van der Waals surface area contributed by atoms with Crippen molar-refractivity contribution in [2.75, 3.05) is 38.3 Å². The minimum absolute atomic E-state index is 0.0740. The molecular formula is C28H45N3O6SSi. The van der Waals surface area contributed by atoms with Gasteiger partial charge in [0.25, 0.3) is 5.19 Å². The van der Waals surface area contributed by atoms with E-state index in [9.17, 15) is 9.59 Å². The van der Waals surface area contributed by atoms with Crippen LogP contribution in [-0.4, -0.2) is 81.4 Å². The molecule has 0 bridgehead atoms. The van der Waals surface area contributed by atoms with Crippen molar-refractivity contribution in [3.8, 4) is 5.19 Å². The number of benzene rings is 1. The predicted octanol–water partition coefficient (Wildman–Crippen LogP) is 6.32. The highest BCUT2D eigenvalue weighted by atomic mass is 32.1. The van der Waals surface area contributed by atoms with E-state index in [2.05, 4.69) is 43.7 Å². The molecule has 1 aromatic carbocycles. The number of fused-ring (bicyclic) bond motifs is 1. The Morgan fingerprint density at radius 1 is 1.05 bits per heavy atom. The van der Waals surface area contributed by atoms with Crippen LogP contribution < -0.4 is 9.64 Å². The summed E-state index contributed by atoms with van der Waals surface area (Å²) in [5, 5.41) is 0.601. The Hall–Kier alpha value is -2.37. The van der Waals surface area contributed by atoms with Crippen LogP contribution in [0.3, 0.4) is 0 Å². The zero-order valence-corrected chi connectivity index (χ0v) is 27.2. The van der Waals surface area contributed by atoms with E-state index in [1.165, 1.54) is 18.4 Å². The van der Waals surface area contributed by atoms with Gasteiger partial charge in [0, 0.05) is 13.1 Å². The number of aromatic nitrogens is 1. The van der Waals surface area contributed by atoms with Crippen molar-refractivity contribution in [3.05, 3.63) is 17.7 Å². The second-order valence-corrected chi connectivity index (χ2v) is 18.5. The Kier molecular flexibility index (Phi) is 9.29. The van der Waals surface area contributed by atoms with Crippen molar-refractivity contribution in [3.63, 3.8) is 0 Å². The third-order valence-electron chi connectivity index (χ3n) is 7.35. The molecule has 39 heavy (non-hydrogen) atoms. The topological polar surface area (TPSA) is 90.4 Å². The molecule has 1 saturated heterocycles. The lowest BCUT2D eigenvalue weighted by molar-refractivity contribution is 0.00566. The van der Waals surface area contributed by atoms with E-state index in [-0.39, 0.29) is 23.2 Å². The highest BCUT2D eigenvalue weighted by Crippen LogP contribution is 2.39. The molecule has 0 aliphatic carbocycles. The minimum Gasteiger partial charge on any atom is -0.468 e. The van der Waals surface area contributed by atoms with Gasteiger partial charge >= 0.3 is 12.1 Å². The van der Waals surface area contributed by atoms with Crippen LogP contribution in [0.4, 0.5) is 10.5 Å². The maximum Gasteiger partial charge on any atom is 0.410 e. The molecular weight excluding hydrogens is 534 g/mol. The maximum absolute atomic E-state index is 12.9. The van der Waals surface area contributed by atoms with Gasteiger partial charge in [-0.15, -0.1) is 0 Å². The summed E-state index contributed by atoms with van der Waals surface area (Å²) in [6.07, 6.45) is -0.304. The molecule has 11 heteroatoms. The summed E-state index contributed by atoms with van der Waals surface area (Å²) >= 11 is 1.41. The second kappa shape index (κ2) is 11.6. The van der Waals surface area contributed by atoms with Gasteiger partial charge in [-0.05, 0) is 64.9 Å². The van der Waals surface area contributed by atoms with Crippen LogP contribution in [0.2, 0.25) is 18.1 Å². The third-order valence-corrected chi connectivity index (χ3v) is 12.9. The smallest absolute Gasteiger partial charge is 0.410 e.